The molecule has 14 heavy (non-hydrogen) atoms. The maximum absolute atomic E-state index is 11.7. The van der Waals surface area contributed by atoms with E-state index in [0.717, 1.165) is 11.4 Å². The Hall–Kier alpha value is -1.58. The van der Waals surface area contributed by atoms with Crippen LogP contribution in [0.15, 0.2) is 22.1 Å². The van der Waals surface area contributed by atoms with Crippen LogP contribution in [0.4, 0.5) is 5.82 Å². The molecule has 0 saturated carbocycles. The van der Waals surface area contributed by atoms with Crippen LogP contribution >= 0.6 is 0 Å². The molecule has 2 rings (SSSR count). The highest BCUT2D eigenvalue weighted by Gasteiger charge is 2.21. The minimum absolute atomic E-state index is 0.0642. The van der Waals surface area contributed by atoms with Crippen LogP contribution in [0.1, 0.15) is 18.5 Å². The van der Waals surface area contributed by atoms with Gasteiger partial charge in [0.25, 0.3) is 0 Å². The van der Waals surface area contributed by atoms with E-state index >= 15 is 0 Å². The monoisotopic (exact) mass is 191 g/mol. The molecule has 4 heteroatoms. The van der Waals surface area contributed by atoms with Gasteiger partial charge >= 0.3 is 0 Å². The minimum Gasteiger partial charge on any atom is -0.359 e. The molecule has 0 bridgehead atoms. The van der Waals surface area contributed by atoms with Gasteiger partial charge in [-0.15, -0.1) is 0 Å². The van der Waals surface area contributed by atoms with Gasteiger partial charge in [0.05, 0.1) is 17.9 Å². The first kappa shape index (κ1) is 8.99. The van der Waals surface area contributed by atoms with E-state index < -0.39 is 0 Å². The molecular weight excluding hydrogens is 178 g/mol. The standard InChI is InChI=1S/C10H13N3O/c1-7-9-8(14)4-5-12(2)10(9)11-6-13(7)3/h4-7H,1-3H3. The van der Waals surface area contributed by atoms with Crippen molar-refractivity contribution in [2.45, 2.75) is 13.0 Å². The van der Waals surface area contributed by atoms with Crippen LogP contribution in [0.2, 0.25) is 0 Å². The highest BCUT2D eigenvalue weighted by Crippen LogP contribution is 2.27. The van der Waals surface area contributed by atoms with Crippen LogP contribution in [0.5, 0.6) is 0 Å². The molecule has 1 aromatic heterocycles. The van der Waals surface area contributed by atoms with Crippen LogP contribution < -0.4 is 5.43 Å². The molecule has 2 heterocycles. The summed E-state index contributed by atoms with van der Waals surface area (Å²) in [5.41, 5.74) is 0.842. The maximum Gasteiger partial charge on any atom is 0.189 e. The summed E-state index contributed by atoms with van der Waals surface area (Å²) in [6.07, 6.45) is 3.50. The van der Waals surface area contributed by atoms with Gasteiger partial charge in [-0.2, -0.15) is 0 Å². The average molecular weight is 191 g/mol. The summed E-state index contributed by atoms with van der Waals surface area (Å²) in [4.78, 5) is 17.8. The number of pyridine rings is 1. The fourth-order valence-electron chi connectivity index (χ4n) is 1.64. The van der Waals surface area contributed by atoms with Crippen molar-refractivity contribution in [3.63, 3.8) is 0 Å². The summed E-state index contributed by atoms with van der Waals surface area (Å²) in [5.74, 6) is 0.767. The van der Waals surface area contributed by atoms with Crippen LogP contribution in [-0.2, 0) is 7.05 Å². The van der Waals surface area contributed by atoms with Crippen molar-refractivity contribution in [2.24, 2.45) is 12.0 Å². The average Bonchev–Trinajstić information content (AvgIpc) is 2.16. The lowest BCUT2D eigenvalue weighted by atomic mass is 10.1. The van der Waals surface area contributed by atoms with E-state index in [9.17, 15) is 4.79 Å². The van der Waals surface area contributed by atoms with E-state index in [0.29, 0.717) is 0 Å². The predicted octanol–water partition coefficient (Wildman–Crippen LogP) is 1.05. The molecular formula is C10H13N3O. The third-order valence-electron chi connectivity index (χ3n) is 2.68. The summed E-state index contributed by atoms with van der Waals surface area (Å²) < 4.78 is 1.87. The van der Waals surface area contributed by atoms with Gasteiger partial charge in [0, 0.05) is 26.4 Å². The summed E-state index contributed by atoms with van der Waals surface area (Å²) in [7, 11) is 3.82. The number of rotatable bonds is 0. The number of nitrogens with zero attached hydrogens (tertiary/aromatic N) is 3. The van der Waals surface area contributed by atoms with Crippen molar-refractivity contribution >= 4 is 12.2 Å². The molecule has 1 aromatic rings. The van der Waals surface area contributed by atoms with Crippen molar-refractivity contribution < 1.29 is 0 Å². The third kappa shape index (κ3) is 1.14. The molecule has 1 unspecified atom stereocenters. The molecule has 0 fully saturated rings. The van der Waals surface area contributed by atoms with E-state index in [1.165, 1.54) is 0 Å². The Morgan fingerprint density at radius 3 is 2.86 bits per heavy atom. The Morgan fingerprint density at radius 1 is 1.43 bits per heavy atom. The van der Waals surface area contributed by atoms with Crippen molar-refractivity contribution in [3.05, 3.63) is 28.0 Å². The van der Waals surface area contributed by atoms with Crippen molar-refractivity contribution in [3.8, 4) is 0 Å². The third-order valence-corrected chi connectivity index (χ3v) is 2.68. The van der Waals surface area contributed by atoms with Crippen LogP contribution in [0, 0.1) is 0 Å². The molecule has 0 spiro atoms. The highest BCUT2D eigenvalue weighted by atomic mass is 16.1. The molecule has 1 aliphatic heterocycles. The Bertz CT molecular complexity index is 447. The first-order valence-corrected chi connectivity index (χ1v) is 4.57. The van der Waals surface area contributed by atoms with E-state index in [-0.39, 0.29) is 11.5 Å². The molecule has 0 aromatic carbocycles. The quantitative estimate of drug-likeness (QED) is 0.614. The van der Waals surface area contributed by atoms with Gasteiger partial charge in [0.2, 0.25) is 0 Å². The zero-order chi connectivity index (χ0) is 10.3. The largest absolute Gasteiger partial charge is 0.359 e. The second kappa shape index (κ2) is 2.97. The van der Waals surface area contributed by atoms with E-state index in [2.05, 4.69) is 4.99 Å². The fourth-order valence-corrected chi connectivity index (χ4v) is 1.64. The summed E-state index contributed by atoms with van der Waals surface area (Å²) >= 11 is 0. The maximum atomic E-state index is 11.7. The molecule has 0 saturated heterocycles. The number of hydrogen-bond acceptors (Lipinski definition) is 3. The van der Waals surface area contributed by atoms with Gasteiger partial charge in [0.1, 0.15) is 5.82 Å². The second-order valence-corrected chi connectivity index (χ2v) is 3.61. The molecule has 0 aliphatic carbocycles. The highest BCUT2D eigenvalue weighted by molar-refractivity contribution is 5.65. The van der Waals surface area contributed by atoms with Crippen LogP contribution in [0.3, 0.4) is 0 Å². The summed E-state index contributed by atoms with van der Waals surface area (Å²) in [6, 6.07) is 1.69. The number of hydrogen-bond donors (Lipinski definition) is 0. The predicted molar refractivity (Wildman–Crippen MR) is 56.0 cm³/mol. The lowest BCUT2D eigenvalue weighted by Crippen LogP contribution is -2.29. The molecule has 74 valence electrons. The van der Waals surface area contributed by atoms with Gasteiger partial charge in [-0.05, 0) is 6.92 Å². The fraction of sp³-hybridized carbons (Fsp3) is 0.400. The van der Waals surface area contributed by atoms with Crippen molar-refractivity contribution in [1.29, 1.82) is 0 Å². The summed E-state index contributed by atoms with van der Waals surface area (Å²) in [5, 5.41) is 0. The first-order valence-electron chi connectivity index (χ1n) is 4.57. The Morgan fingerprint density at radius 2 is 2.14 bits per heavy atom. The Balaban J connectivity index is 2.73. The number of aromatic nitrogens is 1. The molecule has 4 nitrogen and oxygen atoms in total. The van der Waals surface area contributed by atoms with Gasteiger partial charge in [-0.25, -0.2) is 4.99 Å². The number of aryl methyl sites for hydroxylation is 1. The van der Waals surface area contributed by atoms with Gasteiger partial charge < -0.3 is 9.47 Å². The smallest absolute Gasteiger partial charge is 0.189 e. The minimum atomic E-state index is 0.0642. The molecule has 0 N–H and O–H groups in total. The van der Waals surface area contributed by atoms with E-state index in [4.69, 9.17) is 0 Å². The lowest BCUT2D eigenvalue weighted by Gasteiger charge is -2.27. The lowest BCUT2D eigenvalue weighted by molar-refractivity contribution is 0.403. The second-order valence-electron chi connectivity index (χ2n) is 3.61. The van der Waals surface area contributed by atoms with Crippen LogP contribution in [0.25, 0.3) is 0 Å². The van der Waals surface area contributed by atoms with E-state index in [1.807, 2.05) is 30.5 Å². The normalized spacial score (nSPS) is 19.6. The topological polar surface area (TPSA) is 37.6 Å². The Kier molecular flexibility index (Phi) is 1.91. The van der Waals surface area contributed by atoms with Gasteiger partial charge in [-0.1, -0.05) is 0 Å². The molecule has 0 amide bonds. The Labute approximate surface area is 82.5 Å². The summed E-state index contributed by atoms with van der Waals surface area (Å²) in [6.45, 7) is 2.01. The van der Waals surface area contributed by atoms with Crippen molar-refractivity contribution in [1.82, 2.24) is 9.47 Å². The van der Waals surface area contributed by atoms with E-state index in [1.54, 1.807) is 18.6 Å². The van der Waals surface area contributed by atoms with Crippen LogP contribution in [-0.4, -0.2) is 22.9 Å². The molecule has 1 atom stereocenters. The SMILES string of the molecule is CC1c2c(n(C)ccc2=O)N=CN1C. The first-order chi connectivity index (χ1) is 6.61. The molecule has 1 aliphatic rings. The van der Waals surface area contributed by atoms with Crippen molar-refractivity contribution in [2.75, 3.05) is 7.05 Å². The van der Waals surface area contributed by atoms with Gasteiger partial charge in [-0.3, -0.25) is 4.79 Å². The number of fused-ring (bicyclic) bond motifs is 1. The zero-order valence-electron chi connectivity index (χ0n) is 8.56. The van der Waals surface area contributed by atoms with Gasteiger partial charge in [0.15, 0.2) is 5.43 Å². The number of aliphatic imine (C=N–C) groups is 1. The zero-order valence-corrected chi connectivity index (χ0v) is 8.56. The molecule has 0 radical (unpaired) electrons.